The average Bonchev–Trinajstić information content (AvgIpc) is 3.59. The quantitative estimate of drug-likeness (QED) is 0.192. The molecule has 0 bridgehead atoms. The Morgan fingerprint density at radius 2 is 2.08 bits per heavy atom. The van der Waals surface area contributed by atoms with Gasteiger partial charge in [0.25, 0.3) is 5.91 Å². The highest BCUT2D eigenvalue weighted by atomic mass is 35.5. The van der Waals surface area contributed by atoms with E-state index in [1.165, 1.54) is 6.26 Å². The Balaban J connectivity index is 1.53. The Hall–Kier alpha value is -3.54. The number of aromatic nitrogens is 6. The highest BCUT2D eigenvalue weighted by Crippen LogP contribution is 2.30. The van der Waals surface area contributed by atoms with Crippen molar-refractivity contribution >= 4 is 47.6 Å². The molecule has 1 amide bonds. The van der Waals surface area contributed by atoms with Gasteiger partial charge in [0.2, 0.25) is 5.89 Å². The number of aryl methyl sites for hydroxylation is 1. The average molecular weight is 552 g/mol. The van der Waals surface area contributed by atoms with Gasteiger partial charge in [-0.15, -0.1) is 0 Å². The Morgan fingerprint density at radius 3 is 2.82 bits per heavy atom. The van der Waals surface area contributed by atoms with Gasteiger partial charge in [0.15, 0.2) is 5.65 Å². The van der Waals surface area contributed by atoms with Crippen LogP contribution < -0.4 is 5.32 Å². The molecule has 0 fully saturated rings. The number of benzene rings is 1. The lowest BCUT2D eigenvalue weighted by Gasteiger charge is -2.15. The van der Waals surface area contributed by atoms with Crippen LogP contribution in [0.3, 0.4) is 0 Å². The molecule has 1 atom stereocenters. The van der Waals surface area contributed by atoms with Crippen LogP contribution in [0.5, 0.6) is 0 Å². The van der Waals surface area contributed by atoms with E-state index in [2.05, 4.69) is 35.0 Å². The van der Waals surface area contributed by atoms with Crippen LogP contribution in [0.2, 0.25) is 30.7 Å². The molecular weight excluding hydrogens is 522 g/mol. The van der Waals surface area contributed by atoms with Crippen LogP contribution in [0.25, 0.3) is 33.5 Å². The lowest BCUT2D eigenvalue weighted by Crippen LogP contribution is -2.26. The number of ether oxygens (including phenoxy) is 1. The van der Waals surface area contributed by atoms with Crippen molar-refractivity contribution in [1.82, 2.24) is 34.6 Å². The zero-order chi connectivity index (χ0) is 27.0. The molecular formula is C26H30ClN7O3Si. The van der Waals surface area contributed by atoms with Crippen molar-refractivity contribution in [1.29, 1.82) is 0 Å². The molecule has 198 valence electrons. The second kappa shape index (κ2) is 10.3. The first-order chi connectivity index (χ1) is 18.1. The minimum atomic E-state index is -1.23. The van der Waals surface area contributed by atoms with Gasteiger partial charge in [-0.3, -0.25) is 9.48 Å². The van der Waals surface area contributed by atoms with Gasteiger partial charge in [-0.1, -0.05) is 31.2 Å². The first-order valence-corrected chi connectivity index (χ1v) is 16.5. The van der Waals surface area contributed by atoms with E-state index in [0.29, 0.717) is 45.6 Å². The first kappa shape index (κ1) is 26.1. The van der Waals surface area contributed by atoms with Gasteiger partial charge >= 0.3 is 0 Å². The third-order valence-corrected chi connectivity index (χ3v) is 8.20. The van der Waals surface area contributed by atoms with E-state index < -0.39 is 14.1 Å². The smallest absolute Gasteiger partial charge is 0.255 e. The van der Waals surface area contributed by atoms with Gasteiger partial charge in [-0.25, -0.2) is 15.0 Å². The number of rotatable bonds is 9. The van der Waals surface area contributed by atoms with Crippen LogP contribution in [0.4, 0.5) is 0 Å². The Bertz CT molecular complexity index is 1600. The maximum absolute atomic E-state index is 13.4. The molecule has 5 aromatic rings. The molecule has 4 aromatic heterocycles. The number of hydrogen-bond acceptors (Lipinski definition) is 7. The van der Waals surface area contributed by atoms with Crippen LogP contribution in [0, 0.1) is 0 Å². The summed E-state index contributed by atoms with van der Waals surface area (Å²) < 4.78 is 14.9. The van der Waals surface area contributed by atoms with Crippen LogP contribution >= 0.6 is 11.6 Å². The van der Waals surface area contributed by atoms with Crippen molar-refractivity contribution in [3.05, 3.63) is 59.5 Å². The summed E-state index contributed by atoms with van der Waals surface area (Å²) in [5.41, 5.74) is 3.48. The number of fused-ring (bicyclic) bond motifs is 2. The fourth-order valence-electron chi connectivity index (χ4n) is 4.18. The van der Waals surface area contributed by atoms with Crippen LogP contribution in [-0.4, -0.2) is 49.9 Å². The summed E-state index contributed by atoms with van der Waals surface area (Å²) in [6.45, 7) is 9.64. The molecule has 5 rings (SSSR count). The number of hydrogen-bond donors (Lipinski definition) is 1. The number of carbonyl (C=O) groups excluding carboxylic acids is 1. The van der Waals surface area contributed by atoms with Gasteiger partial charge < -0.3 is 19.0 Å². The van der Waals surface area contributed by atoms with E-state index >= 15 is 0 Å². The third kappa shape index (κ3) is 5.35. The molecule has 0 aliphatic carbocycles. The van der Waals surface area contributed by atoms with Crippen LogP contribution in [0.15, 0.2) is 47.5 Å². The third-order valence-electron chi connectivity index (χ3n) is 6.26. The maximum atomic E-state index is 13.4. The van der Waals surface area contributed by atoms with Crippen molar-refractivity contribution in [3.8, 4) is 11.4 Å². The fraction of sp³-hybridized carbons (Fsp3) is 0.346. The molecule has 1 N–H and O–H groups in total. The van der Waals surface area contributed by atoms with Crippen LogP contribution in [0.1, 0.15) is 29.2 Å². The van der Waals surface area contributed by atoms with Gasteiger partial charge in [0.05, 0.1) is 23.5 Å². The first-order valence-electron chi connectivity index (χ1n) is 12.4. The summed E-state index contributed by atoms with van der Waals surface area (Å²) in [6.07, 6.45) is 6.43. The summed E-state index contributed by atoms with van der Waals surface area (Å²) in [6, 6.07) is 6.20. The molecule has 0 saturated carbocycles. The Labute approximate surface area is 226 Å². The number of amides is 1. The SMILES string of the molecule is CC(NC(=O)c1cn(COCC[Si](C)(C)C)c2ncc(-c3nn(C)c4cc(Cl)ccc34)nc12)c1ncco1. The second-order valence-electron chi connectivity index (χ2n) is 10.5. The molecule has 1 unspecified atom stereocenters. The lowest BCUT2D eigenvalue weighted by atomic mass is 10.1. The van der Waals surface area contributed by atoms with E-state index in [9.17, 15) is 4.79 Å². The number of halogens is 1. The molecule has 0 radical (unpaired) electrons. The zero-order valence-electron chi connectivity index (χ0n) is 22.0. The van der Waals surface area contributed by atoms with Crippen molar-refractivity contribution in [2.75, 3.05) is 6.61 Å². The van der Waals surface area contributed by atoms with E-state index in [1.807, 2.05) is 36.7 Å². The van der Waals surface area contributed by atoms with E-state index in [4.69, 9.17) is 30.7 Å². The summed E-state index contributed by atoms with van der Waals surface area (Å²) in [5, 5.41) is 9.12. The molecule has 10 nitrogen and oxygen atoms in total. The molecule has 0 aliphatic heterocycles. The second-order valence-corrected chi connectivity index (χ2v) is 16.5. The molecule has 0 spiro atoms. The van der Waals surface area contributed by atoms with Crippen molar-refractivity contribution in [2.24, 2.45) is 7.05 Å². The minimum Gasteiger partial charge on any atom is -0.447 e. The Morgan fingerprint density at radius 1 is 1.26 bits per heavy atom. The van der Waals surface area contributed by atoms with Crippen molar-refractivity contribution in [2.45, 2.75) is 45.4 Å². The molecule has 38 heavy (non-hydrogen) atoms. The molecule has 0 aliphatic rings. The van der Waals surface area contributed by atoms with Gasteiger partial charge in [0, 0.05) is 38.3 Å². The zero-order valence-corrected chi connectivity index (χ0v) is 23.8. The monoisotopic (exact) mass is 551 g/mol. The minimum absolute atomic E-state index is 0.266. The summed E-state index contributed by atoms with van der Waals surface area (Å²) in [7, 11) is 0.618. The predicted octanol–water partition coefficient (Wildman–Crippen LogP) is 5.43. The summed E-state index contributed by atoms with van der Waals surface area (Å²) in [5.74, 6) is 0.104. The van der Waals surface area contributed by atoms with Crippen molar-refractivity contribution < 1.29 is 13.9 Å². The fourth-order valence-corrected chi connectivity index (χ4v) is 5.10. The summed E-state index contributed by atoms with van der Waals surface area (Å²) >= 11 is 6.20. The standard InChI is InChI=1S/C26H30ClN7O3Si/c1-16(26-28-8-9-37-26)30-25(35)19-14-34(15-36-10-11-38(3,4)5)24-23(19)31-20(13-29-24)22-18-7-6-17(27)12-21(18)33(2)32-22/h6-9,12-14,16H,10-11,15H2,1-5H3,(H,30,35). The summed E-state index contributed by atoms with van der Waals surface area (Å²) in [4.78, 5) is 27.1. The number of nitrogens with zero attached hydrogens (tertiary/aromatic N) is 6. The molecule has 1 aromatic carbocycles. The molecule has 4 heterocycles. The molecule has 12 heteroatoms. The van der Waals surface area contributed by atoms with E-state index in [1.54, 1.807) is 23.3 Å². The molecule has 0 saturated heterocycles. The normalized spacial score (nSPS) is 12.9. The topological polar surface area (TPSA) is 113 Å². The lowest BCUT2D eigenvalue weighted by molar-refractivity contribution is 0.0889. The van der Waals surface area contributed by atoms with Crippen LogP contribution in [-0.2, 0) is 18.5 Å². The van der Waals surface area contributed by atoms with Gasteiger partial charge in [-0.05, 0) is 31.2 Å². The van der Waals surface area contributed by atoms with Gasteiger partial charge in [0.1, 0.15) is 35.9 Å². The number of nitrogens with one attached hydrogen (secondary N) is 1. The van der Waals surface area contributed by atoms with Crippen molar-refractivity contribution in [3.63, 3.8) is 0 Å². The maximum Gasteiger partial charge on any atom is 0.255 e. The largest absolute Gasteiger partial charge is 0.447 e. The highest BCUT2D eigenvalue weighted by Gasteiger charge is 2.23. The van der Waals surface area contributed by atoms with E-state index in [-0.39, 0.29) is 12.6 Å². The van der Waals surface area contributed by atoms with Gasteiger partial charge in [-0.2, -0.15) is 5.10 Å². The number of oxazole rings is 1. The Kier molecular flexibility index (Phi) is 7.08. The predicted molar refractivity (Wildman–Crippen MR) is 149 cm³/mol. The highest BCUT2D eigenvalue weighted by molar-refractivity contribution is 6.76. The number of carbonyl (C=O) groups is 1. The van der Waals surface area contributed by atoms with E-state index in [0.717, 1.165) is 16.9 Å².